The Morgan fingerprint density at radius 3 is 2.38 bits per heavy atom. The van der Waals surface area contributed by atoms with Crippen molar-refractivity contribution in [3.8, 4) is 0 Å². The molecule has 0 radical (unpaired) electrons. The second kappa shape index (κ2) is 8.13. The van der Waals surface area contributed by atoms with Gasteiger partial charge in [0, 0.05) is 32.2 Å². The Bertz CT molecular complexity index is 515. The van der Waals surface area contributed by atoms with Crippen LogP contribution in [0.25, 0.3) is 0 Å². The van der Waals surface area contributed by atoms with Crippen molar-refractivity contribution in [3.63, 3.8) is 0 Å². The first-order chi connectivity index (χ1) is 12.7. The van der Waals surface area contributed by atoms with E-state index in [1.54, 1.807) is 0 Å². The number of urea groups is 1. The molecule has 3 aliphatic heterocycles. The maximum atomic E-state index is 12.8. The Morgan fingerprint density at radius 1 is 0.923 bits per heavy atom. The zero-order valence-electron chi connectivity index (χ0n) is 15.5. The molecule has 1 saturated carbocycles. The monoisotopic (exact) mass is 365 g/mol. The number of carbonyl (C=O) groups excluding carboxylic acids is 2. The third kappa shape index (κ3) is 3.98. The van der Waals surface area contributed by atoms with Crippen LogP contribution in [0.5, 0.6) is 0 Å². The van der Waals surface area contributed by atoms with Crippen LogP contribution < -0.4 is 5.32 Å². The summed E-state index contributed by atoms with van der Waals surface area (Å²) in [5.41, 5.74) is 0. The van der Waals surface area contributed by atoms with Crippen LogP contribution in [0.3, 0.4) is 0 Å². The summed E-state index contributed by atoms with van der Waals surface area (Å²) in [6.07, 6.45) is 7.69. The summed E-state index contributed by atoms with van der Waals surface area (Å²) in [5.74, 6) is 0.0561. The molecule has 0 aromatic rings. The molecule has 4 aliphatic rings. The van der Waals surface area contributed by atoms with Gasteiger partial charge in [-0.3, -0.25) is 4.79 Å². The van der Waals surface area contributed by atoms with Gasteiger partial charge in [0.15, 0.2) is 0 Å². The first kappa shape index (κ1) is 18.0. The lowest BCUT2D eigenvalue weighted by Gasteiger charge is -2.35. The van der Waals surface area contributed by atoms with Crippen molar-refractivity contribution < 1.29 is 19.1 Å². The maximum Gasteiger partial charge on any atom is 0.317 e. The molecule has 3 atom stereocenters. The average molecular weight is 365 g/mol. The number of likely N-dealkylation sites (tertiary alicyclic amines) is 1. The third-order valence-electron chi connectivity index (χ3n) is 6.27. The predicted octanol–water partition coefficient (Wildman–Crippen LogP) is 1.37. The Morgan fingerprint density at radius 2 is 1.65 bits per heavy atom. The molecule has 0 spiro atoms. The quantitative estimate of drug-likeness (QED) is 0.750. The van der Waals surface area contributed by atoms with Crippen LogP contribution in [0.4, 0.5) is 4.79 Å². The number of amides is 3. The molecule has 146 valence electrons. The van der Waals surface area contributed by atoms with Gasteiger partial charge in [-0.15, -0.1) is 0 Å². The summed E-state index contributed by atoms with van der Waals surface area (Å²) in [7, 11) is 0. The molecular formula is C19H31N3O4. The zero-order valence-corrected chi connectivity index (χ0v) is 15.5. The summed E-state index contributed by atoms with van der Waals surface area (Å²) in [4.78, 5) is 29.3. The fourth-order valence-corrected chi connectivity index (χ4v) is 4.79. The summed E-state index contributed by atoms with van der Waals surface area (Å²) in [6.45, 7) is 3.68. The van der Waals surface area contributed by atoms with Gasteiger partial charge in [-0.25, -0.2) is 4.79 Å². The lowest BCUT2D eigenvalue weighted by molar-refractivity contribution is -0.142. The number of nitrogens with zero attached hydrogens (tertiary/aromatic N) is 2. The molecule has 1 N–H and O–H groups in total. The minimum absolute atomic E-state index is 0.0105. The van der Waals surface area contributed by atoms with Crippen molar-refractivity contribution in [2.75, 3.05) is 39.4 Å². The Kier molecular flexibility index (Phi) is 5.64. The average Bonchev–Trinajstić information content (AvgIpc) is 2.83. The van der Waals surface area contributed by atoms with E-state index in [1.165, 1.54) is 25.7 Å². The highest BCUT2D eigenvalue weighted by Crippen LogP contribution is 2.33. The van der Waals surface area contributed by atoms with Crippen LogP contribution in [0.1, 0.15) is 44.9 Å². The van der Waals surface area contributed by atoms with E-state index in [0.29, 0.717) is 45.4 Å². The van der Waals surface area contributed by atoms with Crippen LogP contribution >= 0.6 is 0 Å². The molecule has 1 aliphatic carbocycles. The van der Waals surface area contributed by atoms with Crippen molar-refractivity contribution >= 4 is 11.9 Å². The Balaban J connectivity index is 1.32. The summed E-state index contributed by atoms with van der Waals surface area (Å²) in [5, 5.41) is 3.22. The fourth-order valence-electron chi connectivity index (χ4n) is 4.79. The predicted molar refractivity (Wildman–Crippen MR) is 95.8 cm³/mol. The topological polar surface area (TPSA) is 71.1 Å². The minimum atomic E-state index is -0.163. The molecule has 3 amide bonds. The Hall–Kier alpha value is -1.34. The van der Waals surface area contributed by atoms with Crippen molar-refractivity contribution in [1.29, 1.82) is 0 Å². The van der Waals surface area contributed by atoms with Crippen LogP contribution in [0.15, 0.2) is 0 Å². The second-order valence-electron chi connectivity index (χ2n) is 8.12. The van der Waals surface area contributed by atoms with Gasteiger partial charge >= 0.3 is 6.03 Å². The van der Waals surface area contributed by atoms with Crippen LogP contribution in [0.2, 0.25) is 0 Å². The number of morpholine rings is 2. The molecule has 0 unspecified atom stereocenters. The maximum absolute atomic E-state index is 12.8. The summed E-state index contributed by atoms with van der Waals surface area (Å²) >= 11 is 0. The molecule has 4 fully saturated rings. The first-order valence-corrected chi connectivity index (χ1v) is 10.3. The van der Waals surface area contributed by atoms with E-state index >= 15 is 0 Å². The van der Waals surface area contributed by atoms with Gasteiger partial charge in [0.05, 0.1) is 31.3 Å². The highest BCUT2D eigenvalue weighted by molar-refractivity contribution is 5.80. The molecule has 26 heavy (non-hydrogen) atoms. The van der Waals surface area contributed by atoms with Crippen LogP contribution in [-0.2, 0) is 14.3 Å². The molecule has 0 aromatic heterocycles. The van der Waals surface area contributed by atoms with Crippen molar-refractivity contribution in [1.82, 2.24) is 15.1 Å². The van der Waals surface area contributed by atoms with E-state index in [2.05, 4.69) is 5.32 Å². The molecular weight excluding hydrogens is 334 g/mol. The third-order valence-corrected chi connectivity index (χ3v) is 6.27. The largest absolute Gasteiger partial charge is 0.378 e. The number of carbonyl (C=O) groups is 2. The fraction of sp³-hybridized carbons (Fsp3) is 0.895. The van der Waals surface area contributed by atoms with Gasteiger partial charge in [0.1, 0.15) is 0 Å². The van der Waals surface area contributed by atoms with Crippen LogP contribution in [0, 0.1) is 5.92 Å². The molecule has 3 heterocycles. The lowest BCUT2D eigenvalue weighted by atomic mass is 9.98. The number of nitrogens with one attached hydrogen (secondary N) is 1. The molecule has 0 aromatic carbocycles. The standard InChI is InChI=1S/C19H31N3O4/c23-18(21-7-9-25-10-8-21)16-11-15-12-22(13-17(16)26-15)19(24)20-14-5-3-1-2-4-6-14/h14-17H,1-13H2,(H,20,24)/t15-,16+,17-/m1/s1. The van der Waals surface area contributed by atoms with Gasteiger partial charge in [-0.2, -0.15) is 0 Å². The van der Waals surface area contributed by atoms with E-state index in [1.807, 2.05) is 9.80 Å². The van der Waals surface area contributed by atoms with E-state index in [4.69, 9.17) is 9.47 Å². The van der Waals surface area contributed by atoms with Crippen molar-refractivity contribution in [3.05, 3.63) is 0 Å². The smallest absolute Gasteiger partial charge is 0.317 e. The van der Waals surface area contributed by atoms with E-state index < -0.39 is 0 Å². The lowest BCUT2D eigenvalue weighted by Crippen LogP contribution is -2.53. The zero-order chi connectivity index (χ0) is 17.9. The van der Waals surface area contributed by atoms with Gasteiger partial charge in [0.25, 0.3) is 0 Å². The molecule has 3 saturated heterocycles. The molecule has 7 heteroatoms. The summed E-state index contributed by atoms with van der Waals surface area (Å²) < 4.78 is 11.4. The second-order valence-corrected chi connectivity index (χ2v) is 8.12. The highest BCUT2D eigenvalue weighted by atomic mass is 16.5. The Labute approximate surface area is 155 Å². The van der Waals surface area contributed by atoms with Crippen LogP contribution in [-0.4, -0.2) is 79.4 Å². The molecule has 2 bridgehead atoms. The van der Waals surface area contributed by atoms with E-state index in [0.717, 1.165) is 19.3 Å². The van der Waals surface area contributed by atoms with Gasteiger partial charge in [0.2, 0.25) is 5.91 Å². The van der Waals surface area contributed by atoms with E-state index in [-0.39, 0.29) is 30.1 Å². The highest BCUT2D eigenvalue weighted by Gasteiger charge is 2.47. The summed E-state index contributed by atoms with van der Waals surface area (Å²) in [6, 6.07) is 0.325. The number of fused-ring (bicyclic) bond motifs is 2. The first-order valence-electron chi connectivity index (χ1n) is 10.3. The number of ether oxygens (including phenoxy) is 2. The normalized spacial score (nSPS) is 33.0. The number of hydrogen-bond donors (Lipinski definition) is 1. The SMILES string of the molecule is O=C(NC1CCCCCC1)N1C[C@H]2C[C@H](C(=O)N3CCOCC3)[C@@H](C1)O2. The number of hydrogen-bond acceptors (Lipinski definition) is 4. The van der Waals surface area contributed by atoms with Gasteiger partial charge < -0.3 is 24.6 Å². The van der Waals surface area contributed by atoms with Crippen molar-refractivity contribution in [2.45, 2.75) is 63.2 Å². The van der Waals surface area contributed by atoms with Gasteiger partial charge in [-0.05, 0) is 19.3 Å². The molecule has 7 nitrogen and oxygen atoms in total. The van der Waals surface area contributed by atoms with E-state index in [9.17, 15) is 9.59 Å². The van der Waals surface area contributed by atoms with Crippen molar-refractivity contribution in [2.24, 2.45) is 5.92 Å². The number of rotatable bonds is 2. The minimum Gasteiger partial charge on any atom is -0.378 e. The van der Waals surface area contributed by atoms with Gasteiger partial charge in [-0.1, -0.05) is 25.7 Å². The molecule has 4 rings (SSSR count).